The second kappa shape index (κ2) is 16.5. The summed E-state index contributed by atoms with van der Waals surface area (Å²) in [6.07, 6.45) is 4.34. The van der Waals surface area contributed by atoms with Crippen LogP contribution in [0.5, 0.6) is 0 Å². The fourth-order valence-electron chi connectivity index (χ4n) is 6.56. The van der Waals surface area contributed by atoms with Crippen molar-refractivity contribution in [1.82, 2.24) is 9.97 Å². The van der Waals surface area contributed by atoms with Crippen LogP contribution in [0.3, 0.4) is 0 Å². The molecule has 3 aromatic heterocycles. The SMILES string of the molecule is [2H]C([2H])([2H])c1ccc(-c2[c-]cc(C([2H])([2H])[2H])c(-c3ccccc3)c2)nc1.[2H]C([2H])([2H])c1cnc(-c2[c-]ccc3c2oc2ccccc23)cc1-c1ccc(C(C)(CC)CC)cc1C([2H])([2H])[2H].[Ir]. The molecule has 0 unspecified atom stereocenters. The van der Waals surface area contributed by atoms with Crippen LogP contribution >= 0.6 is 0 Å². The fourth-order valence-corrected chi connectivity index (χ4v) is 6.56. The first-order valence-corrected chi connectivity index (χ1v) is 17.6. The van der Waals surface area contributed by atoms with Crippen LogP contribution in [0.25, 0.3) is 66.7 Å². The van der Waals surface area contributed by atoms with Crippen molar-refractivity contribution in [1.29, 1.82) is 0 Å². The molecular formula is C50H46IrN2O-2. The van der Waals surface area contributed by atoms with Gasteiger partial charge in [0.1, 0.15) is 5.58 Å². The molecule has 0 saturated carbocycles. The Kier molecular flexibility index (Phi) is 7.87. The maximum atomic E-state index is 8.35. The Labute approximate surface area is 350 Å². The molecule has 54 heavy (non-hydrogen) atoms. The molecule has 0 aliphatic carbocycles. The number of pyridine rings is 2. The van der Waals surface area contributed by atoms with E-state index in [-0.39, 0.29) is 47.8 Å². The van der Waals surface area contributed by atoms with Crippen LogP contribution in [0.15, 0.2) is 132 Å². The largest absolute Gasteiger partial charge is 0.501 e. The van der Waals surface area contributed by atoms with Crippen LogP contribution in [-0.4, -0.2) is 9.97 Å². The summed E-state index contributed by atoms with van der Waals surface area (Å²) in [6.45, 7) is -3.13. The minimum atomic E-state index is -2.50. The van der Waals surface area contributed by atoms with Crippen LogP contribution < -0.4 is 0 Å². The van der Waals surface area contributed by atoms with Gasteiger partial charge in [-0.25, -0.2) is 0 Å². The maximum absolute atomic E-state index is 8.35. The number of nitrogens with zero attached hydrogens (tertiary/aromatic N) is 2. The Morgan fingerprint density at radius 1 is 0.667 bits per heavy atom. The summed E-state index contributed by atoms with van der Waals surface area (Å²) < 4.78 is 101. The number of aromatic nitrogens is 2. The third-order valence-corrected chi connectivity index (χ3v) is 10.1. The smallest absolute Gasteiger partial charge is 0.120 e. The van der Waals surface area contributed by atoms with E-state index in [2.05, 4.69) is 42.9 Å². The third kappa shape index (κ3) is 7.73. The van der Waals surface area contributed by atoms with Crippen molar-refractivity contribution in [2.24, 2.45) is 0 Å². The van der Waals surface area contributed by atoms with Gasteiger partial charge in [-0.05, 0) is 95.2 Å². The summed E-state index contributed by atoms with van der Waals surface area (Å²) >= 11 is 0. The van der Waals surface area contributed by atoms with Crippen LogP contribution in [-0.2, 0) is 25.5 Å². The number of rotatable bonds is 7. The number of aryl methyl sites for hydroxylation is 4. The minimum Gasteiger partial charge on any atom is -0.501 e. The van der Waals surface area contributed by atoms with Crippen molar-refractivity contribution in [3.63, 3.8) is 0 Å². The molecule has 0 N–H and O–H groups in total. The van der Waals surface area contributed by atoms with Gasteiger partial charge in [0, 0.05) is 54.3 Å². The Hall–Kier alpha value is -5.15. The monoisotopic (exact) mass is 895 g/mol. The van der Waals surface area contributed by atoms with Gasteiger partial charge in [-0.1, -0.05) is 129 Å². The molecule has 0 spiro atoms. The quantitative estimate of drug-likeness (QED) is 0.150. The summed E-state index contributed by atoms with van der Waals surface area (Å²) in [5, 5.41) is 1.85. The second-order valence-electron chi connectivity index (χ2n) is 13.3. The average molecular weight is 895 g/mol. The first-order valence-electron chi connectivity index (χ1n) is 23.6. The molecular weight excluding hydrogens is 837 g/mol. The van der Waals surface area contributed by atoms with Gasteiger partial charge in [-0.3, -0.25) is 0 Å². The standard InChI is InChI=1S/C31H30NO.C19H16N.Ir/c1-6-31(5,7-2)22-15-16-23(20(3)17-22)27-18-28(32-19-21(27)4)26-13-10-12-25-24-11-8-9-14-29(24)33-30(25)26;1-14-8-11-19(20-13-14)17-10-9-15(2)18(12-17)16-6-4-3-5-7-16;/h8-12,14-19H,6-7H2,1-5H3;3-9,11-13H,1-2H3;/q2*-1;/i3D3,4D3;1D3,2D3;. The molecule has 273 valence electrons. The molecule has 3 nitrogen and oxygen atoms in total. The molecule has 4 heteroatoms. The van der Waals surface area contributed by atoms with Gasteiger partial charge < -0.3 is 14.4 Å². The molecule has 0 aliphatic rings. The Morgan fingerprint density at radius 2 is 1.44 bits per heavy atom. The van der Waals surface area contributed by atoms with Crippen molar-refractivity contribution in [3.8, 4) is 44.8 Å². The van der Waals surface area contributed by atoms with Crippen LogP contribution in [0.4, 0.5) is 0 Å². The second-order valence-corrected chi connectivity index (χ2v) is 13.3. The average Bonchev–Trinajstić information content (AvgIpc) is 3.66. The molecule has 0 atom stereocenters. The zero-order chi connectivity index (χ0) is 47.1. The van der Waals surface area contributed by atoms with Crippen LogP contribution in [0.1, 0.15) is 77.9 Å². The Balaban J connectivity index is 0.000000233. The van der Waals surface area contributed by atoms with E-state index in [9.17, 15) is 0 Å². The van der Waals surface area contributed by atoms with E-state index < -0.39 is 27.4 Å². The third-order valence-electron chi connectivity index (χ3n) is 10.1. The van der Waals surface area contributed by atoms with Gasteiger partial charge in [-0.2, -0.15) is 0 Å². The molecule has 0 bridgehead atoms. The Morgan fingerprint density at radius 3 is 2.19 bits per heavy atom. The van der Waals surface area contributed by atoms with Gasteiger partial charge in [0.2, 0.25) is 0 Å². The van der Waals surface area contributed by atoms with Crippen molar-refractivity contribution in [3.05, 3.63) is 168 Å². The van der Waals surface area contributed by atoms with Gasteiger partial charge in [0.05, 0.1) is 5.58 Å². The van der Waals surface area contributed by atoms with Crippen molar-refractivity contribution in [2.45, 2.75) is 66.4 Å². The summed E-state index contributed by atoms with van der Waals surface area (Å²) in [6, 6.07) is 40.2. The number of fused-ring (bicyclic) bond motifs is 3. The topological polar surface area (TPSA) is 38.9 Å². The molecule has 0 saturated heterocycles. The molecule has 8 aromatic rings. The molecule has 3 heterocycles. The van der Waals surface area contributed by atoms with Crippen molar-refractivity contribution in [2.75, 3.05) is 0 Å². The van der Waals surface area contributed by atoms with Gasteiger partial charge in [0.25, 0.3) is 0 Å². The van der Waals surface area contributed by atoms with Gasteiger partial charge in [0.15, 0.2) is 0 Å². The molecule has 1 radical (unpaired) electrons. The Bertz CT molecular complexity index is 2970. The van der Waals surface area contributed by atoms with Crippen LogP contribution in [0, 0.1) is 39.5 Å². The number of hydrogen-bond donors (Lipinski definition) is 0. The minimum absolute atomic E-state index is 0. The van der Waals surface area contributed by atoms with E-state index in [1.807, 2.05) is 66.7 Å². The van der Waals surface area contributed by atoms with Gasteiger partial charge >= 0.3 is 0 Å². The van der Waals surface area contributed by atoms with E-state index in [4.69, 9.17) is 20.9 Å². The first kappa shape index (κ1) is 25.8. The molecule has 8 rings (SSSR count). The van der Waals surface area contributed by atoms with Crippen molar-refractivity contribution >= 4 is 21.9 Å². The molecule has 0 fully saturated rings. The molecule has 0 amide bonds. The van der Waals surface area contributed by atoms with Crippen LogP contribution in [0.2, 0.25) is 0 Å². The normalized spacial score (nSPS) is 15.5. The molecule has 5 aromatic carbocycles. The zero-order valence-electron chi connectivity index (χ0n) is 42.2. The first-order chi connectivity index (χ1) is 30.5. The summed E-state index contributed by atoms with van der Waals surface area (Å²) in [5.41, 5.74) is 6.76. The summed E-state index contributed by atoms with van der Waals surface area (Å²) in [4.78, 5) is 8.72. The summed E-state index contributed by atoms with van der Waals surface area (Å²) in [5.74, 6) is 0. The number of benzene rings is 5. The van der Waals surface area contributed by atoms with E-state index in [0.29, 0.717) is 44.8 Å². The predicted molar refractivity (Wildman–Crippen MR) is 222 cm³/mol. The molecule has 0 aliphatic heterocycles. The van der Waals surface area contributed by atoms with Crippen molar-refractivity contribution < 1.29 is 41.0 Å². The summed E-state index contributed by atoms with van der Waals surface area (Å²) in [7, 11) is 0. The maximum Gasteiger partial charge on any atom is 0.120 e. The zero-order valence-corrected chi connectivity index (χ0v) is 32.6. The predicted octanol–water partition coefficient (Wildman–Crippen LogP) is 13.6. The number of hydrogen-bond acceptors (Lipinski definition) is 3. The number of furan rings is 1. The van der Waals surface area contributed by atoms with E-state index >= 15 is 0 Å². The van der Waals surface area contributed by atoms with Gasteiger partial charge in [-0.15, -0.1) is 47.5 Å². The fraction of sp³-hybridized carbons (Fsp3) is 0.200. The van der Waals surface area contributed by atoms with E-state index in [1.54, 1.807) is 36.4 Å². The number of para-hydroxylation sites is 1. The van der Waals surface area contributed by atoms with E-state index in [0.717, 1.165) is 40.3 Å². The van der Waals surface area contributed by atoms with E-state index in [1.165, 1.54) is 24.5 Å².